The van der Waals surface area contributed by atoms with Crippen LogP contribution < -0.4 is 15.8 Å². The van der Waals surface area contributed by atoms with Crippen LogP contribution in [0, 0.1) is 6.92 Å². The lowest BCUT2D eigenvalue weighted by Gasteiger charge is -2.17. The number of likely N-dealkylation sites (N-methyl/N-ethyl adjacent to an activating group) is 1. The monoisotopic (exact) mass is 300 g/mol. The fourth-order valence-corrected chi connectivity index (χ4v) is 2.06. The van der Waals surface area contributed by atoms with Gasteiger partial charge in [0.1, 0.15) is 5.75 Å². The molecule has 4 nitrogen and oxygen atoms in total. The zero-order valence-corrected chi connectivity index (χ0v) is 11.8. The average molecular weight is 301 g/mol. The molecule has 0 aromatic heterocycles. The number of nitrogens with two attached hydrogens (primary N) is 1. The molecule has 0 aliphatic heterocycles. The molecule has 17 heavy (non-hydrogen) atoms. The molecule has 1 unspecified atom stereocenters. The molecule has 0 radical (unpaired) electrons. The zero-order chi connectivity index (χ0) is 13.0. The van der Waals surface area contributed by atoms with Gasteiger partial charge in [0.25, 0.3) is 5.91 Å². The second kappa shape index (κ2) is 5.91. The number of nitrogens with one attached hydrogen (secondary N) is 1. The second-order valence-electron chi connectivity index (χ2n) is 3.80. The predicted molar refractivity (Wildman–Crippen MR) is 72.1 cm³/mol. The van der Waals surface area contributed by atoms with Crippen LogP contribution in [-0.2, 0) is 4.79 Å². The van der Waals surface area contributed by atoms with Gasteiger partial charge in [0, 0.05) is 11.0 Å². The summed E-state index contributed by atoms with van der Waals surface area (Å²) in [6.45, 7) is 6.04. The van der Waals surface area contributed by atoms with Gasteiger partial charge in [-0.1, -0.05) is 15.9 Å². The van der Waals surface area contributed by atoms with E-state index in [9.17, 15) is 4.79 Å². The van der Waals surface area contributed by atoms with Crippen molar-refractivity contribution in [3.8, 4) is 5.75 Å². The third-order valence-corrected chi connectivity index (χ3v) is 2.74. The largest absolute Gasteiger partial charge is 0.478 e. The van der Waals surface area contributed by atoms with Gasteiger partial charge in [-0.05, 0) is 38.5 Å². The van der Waals surface area contributed by atoms with Gasteiger partial charge in [0.2, 0.25) is 0 Å². The summed E-state index contributed by atoms with van der Waals surface area (Å²) >= 11 is 3.35. The number of aryl methyl sites for hydroxylation is 1. The van der Waals surface area contributed by atoms with E-state index in [-0.39, 0.29) is 5.91 Å². The van der Waals surface area contributed by atoms with Gasteiger partial charge >= 0.3 is 0 Å². The van der Waals surface area contributed by atoms with E-state index in [2.05, 4.69) is 21.2 Å². The topological polar surface area (TPSA) is 64.3 Å². The highest BCUT2D eigenvalue weighted by Gasteiger charge is 2.16. The van der Waals surface area contributed by atoms with E-state index in [0.717, 1.165) is 10.0 Å². The maximum absolute atomic E-state index is 11.6. The first-order valence-electron chi connectivity index (χ1n) is 5.45. The van der Waals surface area contributed by atoms with Gasteiger partial charge in [0.15, 0.2) is 6.10 Å². The lowest BCUT2D eigenvalue weighted by Crippen LogP contribution is -2.36. The third-order valence-electron chi connectivity index (χ3n) is 2.28. The summed E-state index contributed by atoms with van der Waals surface area (Å²) in [5, 5.41) is 2.70. The van der Waals surface area contributed by atoms with Crippen molar-refractivity contribution in [1.29, 1.82) is 0 Å². The van der Waals surface area contributed by atoms with Crippen molar-refractivity contribution in [2.75, 3.05) is 12.3 Å². The van der Waals surface area contributed by atoms with Crippen LogP contribution in [-0.4, -0.2) is 18.6 Å². The Balaban J connectivity index is 2.85. The first-order valence-corrected chi connectivity index (χ1v) is 6.25. The molecule has 1 aromatic rings. The number of rotatable bonds is 4. The molecule has 94 valence electrons. The molecule has 0 aliphatic carbocycles. The Labute approximate surface area is 110 Å². The quantitative estimate of drug-likeness (QED) is 0.838. The van der Waals surface area contributed by atoms with Crippen molar-refractivity contribution in [1.82, 2.24) is 5.32 Å². The zero-order valence-electron chi connectivity index (χ0n) is 10.2. The maximum Gasteiger partial charge on any atom is 0.260 e. The van der Waals surface area contributed by atoms with Crippen molar-refractivity contribution in [2.45, 2.75) is 26.9 Å². The Morgan fingerprint density at radius 2 is 2.24 bits per heavy atom. The minimum Gasteiger partial charge on any atom is -0.478 e. The minimum atomic E-state index is -0.558. The van der Waals surface area contributed by atoms with E-state index >= 15 is 0 Å². The number of ether oxygens (including phenoxy) is 1. The van der Waals surface area contributed by atoms with Gasteiger partial charge in [-0.15, -0.1) is 0 Å². The Kier molecular flexibility index (Phi) is 4.81. The smallest absolute Gasteiger partial charge is 0.260 e. The van der Waals surface area contributed by atoms with Crippen LogP contribution in [0.3, 0.4) is 0 Å². The third kappa shape index (κ3) is 3.63. The average Bonchev–Trinajstić information content (AvgIpc) is 2.23. The van der Waals surface area contributed by atoms with Crippen molar-refractivity contribution in [3.05, 3.63) is 22.2 Å². The van der Waals surface area contributed by atoms with Gasteiger partial charge < -0.3 is 15.8 Å². The first-order chi connectivity index (χ1) is 7.95. The number of amides is 1. The lowest BCUT2D eigenvalue weighted by atomic mass is 10.2. The minimum absolute atomic E-state index is 0.144. The molecule has 1 atom stereocenters. The number of hydrogen-bond donors (Lipinski definition) is 2. The highest BCUT2D eigenvalue weighted by molar-refractivity contribution is 9.10. The summed E-state index contributed by atoms with van der Waals surface area (Å²) in [6, 6.07) is 3.66. The van der Waals surface area contributed by atoms with Gasteiger partial charge in [-0.2, -0.15) is 0 Å². The Hall–Kier alpha value is -1.23. The van der Waals surface area contributed by atoms with Crippen LogP contribution in [0.1, 0.15) is 19.4 Å². The molecule has 5 heteroatoms. The van der Waals surface area contributed by atoms with E-state index < -0.39 is 6.10 Å². The van der Waals surface area contributed by atoms with Crippen LogP contribution >= 0.6 is 15.9 Å². The Bertz CT molecular complexity index is 398. The Morgan fingerprint density at radius 3 is 2.76 bits per heavy atom. The standard InChI is InChI=1S/C12H17BrN2O2/c1-4-15-12(16)8(3)17-11-7(2)5-9(13)6-10(11)14/h5-6,8H,4,14H2,1-3H3,(H,15,16). The van der Waals surface area contributed by atoms with Gasteiger partial charge in [0.05, 0.1) is 5.69 Å². The molecule has 0 fully saturated rings. The number of halogens is 1. The van der Waals surface area contributed by atoms with Crippen LogP contribution in [0.4, 0.5) is 5.69 Å². The summed E-state index contributed by atoms with van der Waals surface area (Å²) in [6.07, 6.45) is -0.558. The molecule has 0 saturated carbocycles. The van der Waals surface area contributed by atoms with Crippen LogP contribution in [0.5, 0.6) is 5.75 Å². The van der Waals surface area contributed by atoms with Gasteiger partial charge in [-0.3, -0.25) is 4.79 Å². The lowest BCUT2D eigenvalue weighted by molar-refractivity contribution is -0.127. The SMILES string of the molecule is CCNC(=O)C(C)Oc1c(C)cc(Br)cc1N. The molecule has 0 saturated heterocycles. The van der Waals surface area contributed by atoms with Crippen molar-refractivity contribution >= 4 is 27.5 Å². The van der Waals surface area contributed by atoms with E-state index in [1.807, 2.05) is 19.9 Å². The number of nitrogen functional groups attached to an aromatic ring is 1. The summed E-state index contributed by atoms with van der Waals surface area (Å²) in [4.78, 5) is 11.6. The summed E-state index contributed by atoms with van der Waals surface area (Å²) < 4.78 is 6.48. The molecule has 0 bridgehead atoms. The van der Waals surface area contributed by atoms with Crippen LogP contribution in [0.2, 0.25) is 0 Å². The van der Waals surface area contributed by atoms with Crippen molar-refractivity contribution in [3.63, 3.8) is 0 Å². The molecule has 1 amide bonds. The second-order valence-corrected chi connectivity index (χ2v) is 4.71. The van der Waals surface area contributed by atoms with Gasteiger partial charge in [-0.25, -0.2) is 0 Å². The Morgan fingerprint density at radius 1 is 1.59 bits per heavy atom. The summed E-state index contributed by atoms with van der Waals surface area (Å²) in [5.74, 6) is 0.418. The molecule has 1 aromatic carbocycles. The van der Waals surface area contributed by atoms with E-state index in [1.165, 1.54) is 0 Å². The first kappa shape index (κ1) is 13.8. The van der Waals surface area contributed by atoms with Crippen molar-refractivity contribution in [2.24, 2.45) is 0 Å². The molecule has 0 heterocycles. The van der Waals surface area contributed by atoms with E-state index in [0.29, 0.717) is 18.0 Å². The number of carbonyl (C=O) groups is 1. The predicted octanol–water partition coefficient (Wildman–Crippen LogP) is 2.24. The highest BCUT2D eigenvalue weighted by atomic mass is 79.9. The van der Waals surface area contributed by atoms with Crippen LogP contribution in [0.15, 0.2) is 16.6 Å². The molecular formula is C12H17BrN2O2. The number of anilines is 1. The fourth-order valence-electron chi connectivity index (χ4n) is 1.47. The molecular weight excluding hydrogens is 284 g/mol. The molecule has 0 aliphatic rings. The van der Waals surface area contributed by atoms with E-state index in [4.69, 9.17) is 10.5 Å². The molecule has 1 rings (SSSR count). The normalized spacial score (nSPS) is 12.0. The number of hydrogen-bond acceptors (Lipinski definition) is 3. The van der Waals surface area contributed by atoms with Crippen molar-refractivity contribution < 1.29 is 9.53 Å². The molecule has 3 N–H and O–H groups in total. The number of benzene rings is 1. The summed E-state index contributed by atoms with van der Waals surface area (Å²) in [5.41, 5.74) is 7.28. The van der Waals surface area contributed by atoms with E-state index in [1.54, 1.807) is 13.0 Å². The molecule has 0 spiro atoms. The fraction of sp³-hybridized carbons (Fsp3) is 0.417. The number of carbonyl (C=O) groups excluding carboxylic acids is 1. The summed E-state index contributed by atoms with van der Waals surface area (Å²) in [7, 11) is 0. The van der Waals surface area contributed by atoms with Crippen LogP contribution in [0.25, 0.3) is 0 Å². The highest BCUT2D eigenvalue weighted by Crippen LogP contribution is 2.30. The maximum atomic E-state index is 11.6.